The highest BCUT2D eigenvalue weighted by molar-refractivity contribution is 6.20. The summed E-state index contributed by atoms with van der Waals surface area (Å²) in [7, 11) is 0. The van der Waals surface area contributed by atoms with Gasteiger partial charge in [-0.1, -0.05) is 146 Å². The van der Waals surface area contributed by atoms with Gasteiger partial charge in [0.05, 0.1) is 85.1 Å². The summed E-state index contributed by atoms with van der Waals surface area (Å²) >= 11 is 0. The Balaban J connectivity index is 1.29. The van der Waals surface area contributed by atoms with Gasteiger partial charge in [-0.25, -0.2) is 4.85 Å². The molecule has 5 heterocycles. The van der Waals surface area contributed by atoms with E-state index in [4.69, 9.17) is 4.42 Å². The van der Waals surface area contributed by atoms with Gasteiger partial charge < -0.3 is 22.7 Å². The third-order valence-corrected chi connectivity index (χ3v) is 14.4. The number of benzene rings is 10. The van der Waals surface area contributed by atoms with Crippen molar-refractivity contribution in [3.8, 4) is 28.8 Å². The maximum Gasteiger partial charge on any atom is 0.232 e. The summed E-state index contributed by atoms with van der Waals surface area (Å²) in [6.45, 7) is 9.45. The molecule has 69 heavy (non-hydrogen) atoms. The Labute approximate surface area is 393 Å². The number of hydrogen-bond acceptors (Lipinski definition) is 2. The van der Waals surface area contributed by atoms with Gasteiger partial charge in [-0.05, 0) is 60.7 Å². The summed E-state index contributed by atoms with van der Waals surface area (Å²) in [5.41, 5.74) is 12.4. The van der Waals surface area contributed by atoms with Gasteiger partial charge in [0.25, 0.3) is 0 Å². The molecule has 0 N–H and O–H groups in total. The van der Waals surface area contributed by atoms with Crippen molar-refractivity contribution in [2.75, 3.05) is 0 Å². The molecule has 0 amide bonds. The highest BCUT2D eigenvalue weighted by Gasteiger charge is 2.34. The minimum atomic E-state index is 0.251. The minimum Gasteiger partial charge on any atom is -0.456 e. The van der Waals surface area contributed by atoms with Crippen molar-refractivity contribution in [2.24, 2.45) is 0 Å². The van der Waals surface area contributed by atoms with Gasteiger partial charge in [-0.3, -0.25) is 0 Å². The van der Waals surface area contributed by atoms with E-state index in [0.717, 1.165) is 121 Å². The largest absolute Gasteiger partial charge is 0.456 e. The van der Waals surface area contributed by atoms with Crippen molar-refractivity contribution in [1.82, 2.24) is 18.3 Å². The molecule has 0 fully saturated rings. The van der Waals surface area contributed by atoms with Gasteiger partial charge in [0.1, 0.15) is 11.2 Å². The average Bonchev–Trinajstić information content (AvgIpc) is 4.20. The molecule has 5 aromatic heterocycles. The van der Waals surface area contributed by atoms with E-state index in [9.17, 15) is 11.8 Å². The first kappa shape index (κ1) is 37.4. The molecule has 0 saturated carbocycles. The molecule has 0 bridgehead atoms. The number of rotatable bonds is 4. The summed E-state index contributed by atoms with van der Waals surface area (Å²) in [6, 6.07) is 74.6. The number of nitrogens with zero attached hydrogens (tertiary/aromatic N) is 6. The van der Waals surface area contributed by atoms with Crippen molar-refractivity contribution in [1.29, 1.82) is 5.26 Å². The van der Waals surface area contributed by atoms with Crippen LogP contribution in [0, 0.1) is 17.9 Å². The van der Waals surface area contributed by atoms with Crippen molar-refractivity contribution in [2.45, 2.75) is 0 Å². The van der Waals surface area contributed by atoms with Gasteiger partial charge in [0.15, 0.2) is 0 Å². The predicted molar refractivity (Wildman–Crippen MR) is 282 cm³/mol. The molecule has 318 valence electrons. The molecule has 0 aliphatic rings. The average molecular weight is 879 g/mol. The molecule has 15 rings (SSSR count). The highest BCUT2D eigenvalue weighted by Crippen LogP contribution is 2.52. The summed E-state index contributed by atoms with van der Waals surface area (Å²) in [4.78, 5) is 4.56. The fourth-order valence-corrected chi connectivity index (χ4v) is 11.7. The maximum absolute atomic E-state index is 12.2. The highest BCUT2D eigenvalue weighted by atomic mass is 16.3. The Hall–Kier alpha value is -9.82. The molecule has 7 heteroatoms. The normalized spacial score (nSPS) is 12.0. The second-order valence-corrected chi connectivity index (χ2v) is 17.8. The quantitative estimate of drug-likeness (QED) is 0.165. The molecule has 0 saturated heterocycles. The Kier molecular flexibility index (Phi) is 7.51. The van der Waals surface area contributed by atoms with E-state index in [1.165, 1.54) is 0 Å². The van der Waals surface area contributed by atoms with E-state index >= 15 is 0 Å². The Morgan fingerprint density at radius 1 is 0.333 bits per heavy atom. The van der Waals surface area contributed by atoms with E-state index in [-0.39, 0.29) is 11.3 Å². The molecular weight excluding hydrogens is 845 g/mol. The first-order valence-electron chi connectivity index (χ1n) is 23.0. The first-order chi connectivity index (χ1) is 34.2. The Morgan fingerprint density at radius 2 is 0.667 bits per heavy atom. The predicted octanol–water partition coefficient (Wildman–Crippen LogP) is 16.4. The van der Waals surface area contributed by atoms with Crippen molar-refractivity contribution in [3.05, 3.63) is 223 Å². The molecule has 0 atom stereocenters. The first-order valence-corrected chi connectivity index (χ1v) is 23.0. The standard InChI is InChI=1S/C62H34N6O/c1-64-58-47(36-63)59(68-54-32-16-8-24-43(54)45-35-57-46(34-55(45)68)44-25-9-17-33-56(44)69-57)61(66-50-28-12-4-20-39(50)40-21-5-13-29-51(40)66)62(67-52-30-14-6-22-41(52)42-23-7-15-31-53(42)67)60(58)65-48-26-10-2-18-37(48)38-19-3-11-27-49(38)65/h2-35H. The fraction of sp³-hybridized carbons (Fsp3) is 0. The van der Waals surface area contributed by atoms with Gasteiger partial charge in [0.2, 0.25) is 5.69 Å². The molecule has 0 radical (unpaired) electrons. The monoisotopic (exact) mass is 878 g/mol. The van der Waals surface area contributed by atoms with Gasteiger partial charge in [-0.15, -0.1) is 0 Å². The van der Waals surface area contributed by atoms with Crippen LogP contribution in [-0.4, -0.2) is 18.3 Å². The van der Waals surface area contributed by atoms with Crippen molar-refractivity contribution < 1.29 is 4.42 Å². The topological polar surface area (TPSA) is 61.0 Å². The smallest absolute Gasteiger partial charge is 0.232 e. The lowest BCUT2D eigenvalue weighted by molar-refractivity contribution is 0.669. The summed E-state index contributed by atoms with van der Waals surface area (Å²) in [6.07, 6.45) is 0. The zero-order valence-corrected chi connectivity index (χ0v) is 36.7. The van der Waals surface area contributed by atoms with Crippen LogP contribution >= 0.6 is 0 Å². The van der Waals surface area contributed by atoms with E-state index in [2.05, 4.69) is 217 Å². The molecule has 10 aromatic carbocycles. The molecule has 0 aliphatic heterocycles. The molecule has 0 unspecified atom stereocenters. The number of hydrogen-bond donors (Lipinski definition) is 0. The molecule has 7 nitrogen and oxygen atoms in total. The third kappa shape index (κ3) is 4.87. The zero-order valence-electron chi connectivity index (χ0n) is 36.7. The van der Waals surface area contributed by atoms with Crippen LogP contribution in [0.2, 0.25) is 0 Å². The number of para-hydroxylation sites is 8. The van der Waals surface area contributed by atoms with Crippen LogP contribution in [0.4, 0.5) is 5.69 Å². The number of fused-ring (bicyclic) bond motifs is 15. The van der Waals surface area contributed by atoms with Crippen LogP contribution in [0.5, 0.6) is 0 Å². The zero-order chi connectivity index (χ0) is 45.5. The van der Waals surface area contributed by atoms with Gasteiger partial charge >= 0.3 is 0 Å². The number of aromatic nitrogens is 4. The Morgan fingerprint density at radius 3 is 1.07 bits per heavy atom. The molecule has 15 aromatic rings. The number of furan rings is 1. The summed E-state index contributed by atoms with van der Waals surface area (Å²) in [5, 5.41) is 22.5. The lowest BCUT2D eigenvalue weighted by Gasteiger charge is -2.28. The minimum absolute atomic E-state index is 0.251. The third-order valence-electron chi connectivity index (χ3n) is 14.4. The van der Waals surface area contributed by atoms with Gasteiger partial charge in [0, 0.05) is 53.9 Å². The van der Waals surface area contributed by atoms with E-state index in [1.54, 1.807) is 0 Å². The SMILES string of the molecule is [C-]#[N+]c1c(C#N)c(-n2c3ccccc3c3cc4oc5ccccc5c4cc32)c(-n2c3ccccc3c3ccccc32)c(-n2c3ccccc3c3ccccc32)c1-n1c2ccccc2c2ccccc21. The van der Waals surface area contributed by atoms with Crippen LogP contribution in [0.25, 0.3) is 137 Å². The lowest BCUT2D eigenvalue weighted by atomic mass is 10.0. The molecular formula is C62H34N6O. The number of nitriles is 1. The van der Waals surface area contributed by atoms with Crippen LogP contribution in [0.3, 0.4) is 0 Å². The van der Waals surface area contributed by atoms with Crippen LogP contribution in [0.1, 0.15) is 5.56 Å². The molecule has 0 spiro atoms. The Bertz CT molecular complexity index is 4660. The van der Waals surface area contributed by atoms with E-state index < -0.39 is 0 Å². The van der Waals surface area contributed by atoms with Crippen LogP contribution in [0.15, 0.2) is 211 Å². The van der Waals surface area contributed by atoms with Crippen LogP contribution in [-0.2, 0) is 0 Å². The maximum atomic E-state index is 12.2. The second kappa shape index (κ2) is 13.9. The fourth-order valence-electron chi connectivity index (χ4n) is 11.7. The lowest BCUT2D eigenvalue weighted by Crippen LogP contribution is -2.15. The van der Waals surface area contributed by atoms with E-state index in [1.807, 2.05) is 18.2 Å². The molecule has 0 aliphatic carbocycles. The summed E-state index contributed by atoms with van der Waals surface area (Å²) in [5.74, 6) is 0. The van der Waals surface area contributed by atoms with Crippen molar-refractivity contribution >= 4 is 115 Å². The van der Waals surface area contributed by atoms with E-state index in [0.29, 0.717) is 11.4 Å². The second-order valence-electron chi connectivity index (χ2n) is 17.8. The van der Waals surface area contributed by atoms with Gasteiger partial charge in [-0.2, -0.15) is 5.26 Å². The van der Waals surface area contributed by atoms with Crippen LogP contribution < -0.4 is 0 Å². The summed E-state index contributed by atoms with van der Waals surface area (Å²) < 4.78 is 15.8. The van der Waals surface area contributed by atoms with Crippen molar-refractivity contribution in [3.63, 3.8) is 0 Å².